The topological polar surface area (TPSA) is 78.4 Å². The van der Waals surface area contributed by atoms with E-state index in [0.717, 1.165) is 71.2 Å². The van der Waals surface area contributed by atoms with Crippen LogP contribution in [-0.4, -0.2) is 92.0 Å². The van der Waals surface area contributed by atoms with Crippen LogP contribution in [0.1, 0.15) is 53.9 Å². The summed E-state index contributed by atoms with van der Waals surface area (Å²) < 4.78 is 10.9. The van der Waals surface area contributed by atoms with E-state index in [1.165, 1.54) is 0 Å². The number of carbonyl (C=O) groups is 1. The molecule has 0 aromatic carbocycles. The van der Waals surface area contributed by atoms with Crippen molar-refractivity contribution in [3.05, 3.63) is 0 Å². The number of ether oxygens (including phenoxy) is 2. The molecule has 0 spiro atoms. The summed E-state index contributed by atoms with van der Waals surface area (Å²) >= 11 is 0. The number of halogens is 1. The summed E-state index contributed by atoms with van der Waals surface area (Å²) in [6, 6.07) is 0.537. The van der Waals surface area contributed by atoms with Crippen LogP contribution >= 0.6 is 24.0 Å². The van der Waals surface area contributed by atoms with Crippen molar-refractivity contribution in [2.45, 2.75) is 71.6 Å². The average Bonchev–Trinajstić information content (AvgIpc) is 3.14. The third-order valence-corrected chi connectivity index (χ3v) is 5.18. The number of hydrogen-bond donors (Lipinski definition) is 2. The lowest BCUT2D eigenvalue weighted by Crippen LogP contribution is -2.47. The minimum Gasteiger partial charge on any atom is -0.444 e. The standard InChI is InChI=1S/C21H41N5O3.HI/c1-6-8-17(24-20(27)29-21(3,4)5)15-23-19(22-7-2)26-10-9-18(16-26)25-11-13-28-14-12-25;/h17-18H,6-16H2,1-5H3,(H,22,23)(H,24,27);1H. The first-order valence-electron chi connectivity index (χ1n) is 11.2. The second-order valence-corrected chi connectivity index (χ2v) is 8.86. The second kappa shape index (κ2) is 13.6. The van der Waals surface area contributed by atoms with Gasteiger partial charge in [-0.2, -0.15) is 0 Å². The van der Waals surface area contributed by atoms with Crippen molar-refractivity contribution in [1.82, 2.24) is 20.4 Å². The summed E-state index contributed by atoms with van der Waals surface area (Å²) in [5.41, 5.74) is -0.497. The number of nitrogens with zero attached hydrogens (tertiary/aromatic N) is 3. The molecule has 2 unspecified atom stereocenters. The third kappa shape index (κ3) is 9.55. The van der Waals surface area contributed by atoms with Crippen LogP contribution < -0.4 is 10.6 Å². The quantitative estimate of drug-likeness (QED) is 0.295. The van der Waals surface area contributed by atoms with E-state index in [9.17, 15) is 4.79 Å². The van der Waals surface area contributed by atoms with Gasteiger partial charge in [-0.05, 0) is 40.5 Å². The SMILES string of the molecule is CCCC(CN=C(NCC)N1CCC(N2CCOCC2)C1)NC(=O)OC(C)(C)C.I. The lowest BCUT2D eigenvalue weighted by Gasteiger charge is -2.32. The molecule has 0 bridgehead atoms. The smallest absolute Gasteiger partial charge is 0.407 e. The highest BCUT2D eigenvalue weighted by atomic mass is 127. The van der Waals surface area contributed by atoms with E-state index in [1.54, 1.807) is 0 Å². The largest absolute Gasteiger partial charge is 0.444 e. The summed E-state index contributed by atoms with van der Waals surface area (Å²) in [5.74, 6) is 0.940. The van der Waals surface area contributed by atoms with E-state index in [1.807, 2.05) is 20.8 Å². The van der Waals surface area contributed by atoms with E-state index >= 15 is 0 Å². The molecule has 176 valence electrons. The molecule has 2 saturated heterocycles. The van der Waals surface area contributed by atoms with Crippen LogP contribution in [0.2, 0.25) is 0 Å². The third-order valence-electron chi connectivity index (χ3n) is 5.18. The van der Waals surface area contributed by atoms with E-state index in [2.05, 4.69) is 34.3 Å². The Bertz CT molecular complexity index is 535. The second-order valence-electron chi connectivity index (χ2n) is 8.86. The Morgan fingerprint density at radius 1 is 1.23 bits per heavy atom. The van der Waals surface area contributed by atoms with Crippen molar-refractivity contribution in [2.24, 2.45) is 4.99 Å². The van der Waals surface area contributed by atoms with Gasteiger partial charge < -0.3 is 25.0 Å². The molecule has 0 radical (unpaired) electrons. The number of rotatable bonds is 7. The van der Waals surface area contributed by atoms with Crippen LogP contribution in [0.4, 0.5) is 4.79 Å². The molecule has 8 nitrogen and oxygen atoms in total. The van der Waals surface area contributed by atoms with Crippen LogP contribution in [-0.2, 0) is 9.47 Å². The molecule has 2 aliphatic heterocycles. The van der Waals surface area contributed by atoms with Crippen molar-refractivity contribution >= 4 is 36.0 Å². The zero-order valence-electron chi connectivity index (χ0n) is 19.4. The van der Waals surface area contributed by atoms with Gasteiger partial charge in [0.15, 0.2) is 5.96 Å². The first-order chi connectivity index (χ1) is 13.8. The van der Waals surface area contributed by atoms with Gasteiger partial charge >= 0.3 is 6.09 Å². The normalized spacial score (nSPS) is 21.7. The number of morpholine rings is 1. The lowest BCUT2D eigenvalue weighted by molar-refractivity contribution is 0.0195. The van der Waals surface area contributed by atoms with Crippen molar-refractivity contribution in [3.8, 4) is 0 Å². The van der Waals surface area contributed by atoms with Crippen LogP contribution in [0.5, 0.6) is 0 Å². The van der Waals surface area contributed by atoms with E-state index in [-0.39, 0.29) is 36.1 Å². The van der Waals surface area contributed by atoms with Crippen molar-refractivity contribution in [3.63, 3.8) is 0 Å². The molecule has 2 atom stereocenters. The number of amides is 1. The fourth-order valence-corrected chi connectivity index (χ4v) is 3.83. The minimum atomic E-state index is -0.497. The summed E-state index contributed by atoms with van der Waals surface area (Å²) in [5, 5.41) is 6.41. The maximum atomic E-state index is 12.2. The van der Waals surface area contributed by atoms with Gasteiger partial charge in [-0.1, -0.05) is 13.3 Å². The zero-order valence-corrected chi connectivity index (χ0v) is 21.7. The van der Waals surface area contributed by atoms with Crippen molar-refractivity contribution < 1.29 is 14.3 Å². The predicted molar refractivity (Wildman–Crippen MR) is 132 cm³/mol. The van der Waals surface area contributed by atoms with Gasteiger partial charge in [0, 0.05) is 38.8 Å². The molecule has 2 N–H and O–H groups in total. The number of carbonyl (C=O) groups excluding carboxylic acids is 1. The summed E-state index contributed by atoms with van der Waals surface area (Å²) in [4.78, 5) is 21.9. The Kier molecular flexibility index (Phi) is 12.3. The number of hydrogen-bond acceptors (Lipinski definition) is 5. The molecule has 2 fully saturated rings. The Labute approximate surface area is 199 Å². The molecular formula is C21H42IN5O3. The van der Waals surface area contributed by atoms with Gasteiger partial charge in [0.25, 0.3) is 0 Å². The molecule has 2 aliphatic rings. The number of likely N-dealkylation sites (tertiary alicyclic amines) is 1. The van der Waals surface area contributed by atoms with Gasteiger partial charge in [0.1, 0.15) is 5.60 Å². The predicted octanol–water partition coefficient (Wildman–Crippen LogP) is 2.67. The monoisotopic (exact) mass is 539 g/mol. The van der Waals surface area contributed by atoms with E-state index in [4.69, 9.17) is 14.5 Å². The molecule has 0 aliphatic carbocycles. The maximum Gasteiger partial charge on any atom is 0.407 e. The molecule has 1 amide bonds. The fourth-order valence-electron chi connectivity index (χ4n) is 3.83. The summed E-state index contributed by atoms with van der Waals surface area (Å²) in [7, 11) is 0. The van der Waals surface area contributed by atoms with Crippen LogP contribution in [0, 0.1) is 0 Å². The Balaban J connectivity index is 0.00000450. The van der Waals surface area contributed by atoms with E-state index < -0.39 is 5.60 Å². The molecule has 0 saturated carbocycles. The number of alkyl carbamates (subject to hydrolysis) is 1. The van der Waals surface area contributed by atoms with Gasteiger partial charge in [0.05, 0.1) is 25.8 Å². The summed E-state index contributed by atoms with van der Waals surface area (Å²) in [6.45, 7) is 16.9. The molecule has 2 heterocycles. The highest BCUT2D eigenvalue weighted by molar-refractivity contribution is 14.0. The maximum absolute atomic E-state index is 12.2. The Morgan fingerprint density at radius 3 is 2.53 bits per heavy atom. The first kappa shape index (κ1) is 27.2. The zero-order chi connectivity index (χ0) is 21.3. The Morgan fingerprint density at radius 2 is 1.93 bits per heavy atom. The number of aliphatic imine (C=N–C) groups is 1. The van der Waals surface area contributed by atoms with Gasteiger partial charge in [-0.25, -0.2) is 4.79 Å². The van der Waals surface area contributed by atoms with Gasteiger partial charge in [-0.3, -0.25) is 9.89 Å². The molecule has 9 heteroatoms. The lowest BCUT2D eigenvalue weighted by atomic mass is 10.1. The number of nitrogens with one attached hydrogen (secondary N) is 2. The number of guanidine groups is 1. The average molecular weight is 540 g/mol. The molecule has 2 rings (SSSR count). The molecule has 0 aromatic heterocycles. The van der Waals surface area contributed by atoms with Crippen LogP contribution in [0.3, 0.4) is 0 Å². The first-order valence-corrected chi connectivity index (χ1v) is 11.2. The molecule has 0 aromatic rings. The highest BCUT2D eigenvalue weighted by Crippen LogP contribution is 2.17. The van der Waals surface area contributed by atoms with Gasteiger partial charge in [0.2, 0.25) is 0 Å². The highest BCUT2D eigenvalue weighted by Gasteiger charge is 2.30. The van der Waals surface area contributed by atoms with Crippen LogP contribution in [0.25, 0.3) is 0 Å². The van der Waals surface area contributed by atoms with Crippen molar-refractivity contribution in [1.29, 1.82) is 0 Å². The van der Waals surface area contributed by atoms with Crippen LogP contribution in [0.15, 0.2) is 4.99 Å². The van der Waals surface area contributed by atoms with E-state index in [0.29, 0.717) is 12.6 Å². The molecule has 30 heavy (non-hydrogen) atoms. The minimum absolute atomic E-state index is 0. The van der Waals surface area contributed by atoms with Crippen molar-refractivity contribution in [2.75, 3.05) is 52.5 Å². The summed E-state index contributed by atoms with van der Waals surface area (Å²) in [6.07, 6.45) is 2.64. The molecular weight excluding hydrogens is 497 g/mol. The Hall–Kier alpha value is -0.810. The fraction of sp³-hybridized carbons (Fsp3) is 0.905. The van der Waals surface area contributed by atoms with Gasteiger partial charge in [-0.15, -0.1) is 24.0 Å².